The van der Waals surface area contributed by atoms with Crippen LogP contribution in [0.5, 0.6) is 0 Å². The summed E-state index contributed by atoms with van der Waals surface area (Å²) in [6.07, 6.45) is 49.7. The van der Waals surface area contributed by atoms with Gasteiger partial charge in [0.15, 0.2) is 23.8 Å². The van der Waals surface area contributed by atoms with Crippen molar-refractivity contribution in [3.63, 3.8) is 0 Å². The smallest absolute Gasteiger partial charge is 0.331 e. The molecule has 0 unspecified atom stereocenters. The zero-order valence-corrected chi connectivity index (χ0v) is 69.5. The lowest BCUT2D eigenvalue weighted by Gasteiger charge is -2.36. The summed E-state index contributed by atoms with van der Waals surface area (Å²) in [6, 6.07) is 15.2. The van der Waals surface area contributed by atoms with E-state index >= 15 is 0 Å². The van der Waals surface area contributed by atoms with Gasteiger partial charge in [-0.1, -0.05) is 306 Å². The lowest BCUT2D eigenvalue weighted by atomic mass is 9.75. The van der Waals surface area contributed by atoms with Crippen LogP contribution in [0.3, 0.4) is 0 Å². The third kappa shape index (κ3) is 49.8. The Hall–Kier alpha value is -6.48. The molecule has 4 rings (SSSR count). The number of ether oxygens (including phenoxy) is 6. The van der Waals surface area contributed by atoms with Gasteiger partial charge >= 0.3 is 41.8 Å². The van der Waals surface area contributed by atoms with Gasteiger partial charge in [0.25, 0.3) is 0 Å². The molecule has 0 amide bonds. The van der Waals surface area contributed by atoms with Crippen molar-refractivity contribution in [1.82, 2.24) is 10.6 Å². The number of likely N-dealkylation sites (N-methyl/N-ethyl adjacent to an activating group) is 2. The third-order valence-corrected chi connectivity index (χ3v) is 20.5. The fourth-order valence-electron chi connectivity index (χ4n) is 13.3. The number of carbonyl (C=O) groups is 10. The summed E-state index contributed by atoms with van der Waals surface area (Å²) in [5, 5.41) is 26.9. The van der Waals surface area contributed by atoms with Gasteiger partial charge in [0.2, 0.25) is 0 Å². The largest absolute Gasteiger partial charge is 0.545 e. The number of rotatable bonds is 58. The predicted octanol–water partition coefficient (Wildman–Crippen LogP) is 19.4. The summed E-state index contributed by atoms with van der Waals surface area (Å²) in [5.74, 6) is -5.80. The summed E-state index contributed by atoms with van der Waals surface area (Å²) < 4.78 is 31.2. The van der Waals surface area contributed by atoms with Crippen LogP contribution in [0.25, 0.3) is 0 Å². The number of carbonyl (C=O) groups excluding carboxylic acids is 9. The summed E-state index contributed by atoms with van der Waals surface area (Å²) >= 11 is 12.4. The van der Waals surface area contributed by atoms with E-state index in [2.05, 4.69) is 38.3 Å². The highest BCUT2D eigenvalue weighted by molar-refractivity contribution is 6.32. The van der Waals surface area contributed by atoms with Crippen LogP contribution in [-0.4, -0.2) is 117 Å². The topological polar surface area (TPSA) is 293 Å². The van der Waals surface area contributed by atoms with Gasteiger partial charge in [-0.2, -0.15) is 0 Å². The maximum Gasteiger partial charge on any atom is 0.331 e. The van der Waals surface area contributed by atoms with E-state index in [1.165, 1.54) is 154 Å². The van der Waals surface area contributed by atoms with E-state index in [1.807, 2.05) is 62.6 Å². The molecule has 0 spiro atoms. The van der Waals surface area contributed by atoms with E-state index < -0.39 is 71.0 Å². The molecule has 20 nitrogen and oxygen atoms in total. The minimum Gasteiger partial charge on any atom is -0.545 e. The Labute approximate surface area is 669 Å². The highest BCUT2D eigenvalue weighted by Gasteiger charge is 2.42. The molecular formula is C88H139Cl2N2O18-. The van der Waals surface area contributed by atoms with Crippen LogP contribution in [0.2, 0.25) is 10.0 Å². The number of carboxylic acid groups (broad SMARTS) is 2. The highest BCUT2D eigenvalue weighted by atomic mass is 35.5. The molecule has 2 aliphatic rings. The van der Waals surface area contributed by atoms with Gasteiger partial charge in [-0.05, 0) is 94.8 Å². The zero-order chi connectivity index (χ0) is 81.1. The molecule has 0 aliphatic heterocycles. The number of hydrogen-bond acceptors (Lipinski definition) is 19. The van der Waals surface area contributed by atoms with Gasteiger partial charge in [-0.3, -0.25) is 28.8 Å². The molecule has 2 fully saturated rings. The first-order chi connectivity index (χ1) is 53.2. The summed E-state index contributed by atoms with van der Waals surface area (Å²) in [7, 11) is 3.68. The maximum absolute atomic E-state index is 12.2. The highest BCUT2D eigenvalue weighted by Crippen LogP contribution is 2.39. The Morgan fingerprint density at radius 2 is 0.655 bits per heavy atom. The molecule has 110 heavy (non-hydrogen) atoms. The lowest BCUT2D eigenvalue weighted by molar-refractivity contribution is -0.297. The van der Waals surface area contributed by atoms with Crippen molar-refractivity contribution < 1.29 is 86.6 Å². The fraction of sp³-hybridized carbons (Fsp3) is 0.705. The van der Waals surface area contributed by atoms with E-state index in [0.29, 0.717) is 41.1 Å². The zero-order valence-electron chi connectivity index (χ0n) is 68.0. The van der Waals surface area contributed by atoms with Crippen LogP contribution < -0.4 is 15.7 Å². The third-order valence-electron chi connectivity index (χ3n) is 19.8. The molecule has 624 valence electrons. The van der Waals surface area contributed by atoms with Gasteiger partial charge in [0, 0.05) is 66.8 Å². The molecule has 0 aromatic heterocycles. The van der Waals surface area contributed by atoms with E-state index in [1.54, 1.807) is 0 Å². The second-order valence-corrected chi connectivity index (χ2v) is 29.8. The van der Waals surface area contributed by atoms with Crippen molar-refractivity contribution in [3.8, 4) is 0 Å². The van der Waals surface area contributed by atoms with Crippen molar-refractivity contribution in [1.29, 1.82) is 0 Å². The number of Topliss-reactive ketones (excluding diaryl/α,β-unsaturated/α-hetero) is 2. The molecule has 0 radical (unpaired) electrons. The van der Waals surface area contributed by atoms with Crippen molar-refractivity contribution in [2.24, 2.45) is 0 Å². The average Bonchev–Trinajstić information content (AvgIpc) is 0.785. The number of hydrogen-bond donors (Lipinski definition) is 3. The number of halogens is 2. The Kier molecular flexibility index (Phi) is 61.9. The number of esters is 6. The number of ketones is 2. The van der Waals surface area contributed by atoms with Crippen molar-refractivity contribution in [3.05, 3.63) is 94.0 Å². The molecule has 22 heteroatoms. The summed E-state index contributed by atoms with van der Waals surface area (Å²) in [5.41, 5.74) is 0.723. The summed E-state index contributed by atoms with van der Waals surface area (Å²) in [4.78, 5) is 118. The first-order valence-electron chi connectivity index (χ1n) is 42.0. The first kappa shape index (κ1) is 102. The van der Waals surface area contributed by atoms with Crippen LogP contribution in [0.1, 0.15) is 347 Å². The van der Waals surface area contributed by atoms with Gasteiger partial charge in [-0.15, -0.1) is 0 Å². The van der Waals surface area contributed by atoms with Gasteiger partial charge in [-0.25, -0.2) is 14.4 Å². The number of benzene rings is 2. The van der Waals surface area contributed by atoms with Gasteiger partial charge < -0.3 is 54.1 Å². The Bertz CT molecular complexity index is 2650. The monoisotopic (exact) mass is 1580 g/mol. The number of aliphatic carboxylic acids is 2. The minimum absolute atomic E-state index is 0.256. The van der Waals surface area contributed by atoms with E-state index in [0.717, 1.165) is 133 Å². The first-order valence-corrected chi connectivity index (χ1v) is 42.7. The molecular weight excluding hydrogens is 1440 g/mol. The molecule has 0 heterocycles. The lowest BCUT2D eigenvalue weighted by Crippen LogP contribution is -2.49. The second-order valence-electron chi connectivity index (χ2n) is 29.0. The van der Waals surface area contributed by atoms with Gasteiger partial charge in [0.05, 0.1) is 5.97 Å². The molecule has 2 atom stereocenters. The molecule has 2 aromatic carbocycles. The van der Waals surface area contributed by atoms with Crippen LogP contribution >= 0.6 is 23.2 Å². The van der Waals surface area contributed by atoms with E-state index in [-0.39, 0.29) is 63.7 Å². The summed E-state index contributed by atoms with van der Waals surface area (Å²) in [6.45, 7) is 7.75. The Morgan fingerprint density at radius 1 is 0.400 bits per heavy atom. The van der Waals surface area contributed by atoms with Gasteiger partial charge in [0.1, 0.15) is 37.5 Å². The Balaban J connectivity index is 0.000000788. The molecule has 0 bridgehead atoms. The number of nitrogens with one attached hydrogen (secondary N) is 2. The van der Waals surface area contributed by atoms with Crippen LogP contribution in [0.15, 0.2) is 72.8 Å². The maximum atomic E-state index is 12.2. The molecule has 2 aliphatic carbocycles. The van der Waals surface area contributed by atoms with Crippen LogP contribution in [0.4, 0.5) is 0 Å². The second kappa shape index (κ2) is 67.1. The number of carboxylic acids is 2. The van der Waals surface area contributed by atoms with Crippen LogP contribution in [-0.2, 0) is 87.4 Å². The minimum atomic E-state index is -1.54. The number of unbranched alkanes of at least 4 members (excludes halogenated alkanes) is 32. The Morgan fingerprint density at radius 3 is 0.891 bits per heavy atom. The van der Waals surface area contributed by atoms with Crippen LogP contribution in [0, 0.1) is 0 Å². The predicted molar refractivity (Wildman–Crippen MR) is 433 cm³/mol. The SMILES string of the molecule is CCCCCCCCCCCC(=O)OCC(COC(=O)CCCCCCCCCCC)OC(=O)/C=C/C(=O)O.CCCCCCCCCCCC(=O)OCC(COC(=O)CCCCCCCCCCC)OC(=O)/C=C/C(=O)[O-].CN[C@]1(c2ccccc2Cl)CCCCC1=O.CN[C@]1(c2ccccc2Cl)CCCCC1=O. The van der Waals surface area contributed by atoms with Crippen molar-refractivity contribution in [2.45, 2.75) is 359 Å². The van der Waals surface area contributed by atoms with E-state index in [4.69, 9.17) is 56.7 Å². The normalized spacial score (nSPS) is 15.4. The van der Waals surface area contributed by atoms with Crippen molar-refractivity contribution >= 4 is 82.5 Å². The quantitative estimate of drug-likeness (QED) is 0.0240. The fourth-order valence-corrected chi connectivity index (χ4v) is 13.9. The standard InChI is InChI=1S/2C31H54O8.2C13H16ClNO/c2*1-3-5-7-9-11-13-15-17-19-21-29(34)37-25-27(39-31(36)24-23-28(32)33)26-38-30(35)22-20-18-16-14-12-10-8-6-4-2;2*1-15-13(9-5-4-8-12(13)16)10-6-2-3-7-11(10)14/h2*23-24,27H,3-22,25-26H2,1-2H3,(H,32,33);2*2-3,6-7,15H,4-5,8-9H2,1H3/p-1/b2*24-23+;;/t;;2*13-/m..00/s1. The molecule has 2 saturated carbocycles. The molecule has 0 saturated heterocycles. The average molecular weight is 1580 g/mol. The molecule has 2 aromatic rings. The van der Waals surface area contributed by atoms with E-state index in [9.17, 15) is 53.1 Å². The van der Waals surface area contributed by atoms with Crippen molar-refractivity contribution in [2.75, 3.05) is 40.5 Å². The molecule has 3 N–H and O–H groups in total.